The van der Waals surface area contributed by atoms with Gasteiger partial charge in [0.15, 0.2) is 0 Å². The molecule has 0 aliphatic heterocycles. The molecule has 1 aromatic heterocycles. The molecular weight excluding hydrogens is 248 g/mol. The molecule has 1 aromatic rings. The maximum atomic E-state index is 5.61. The zero-order valence-electron chi connectivity index (χ0n) is 7.72. The molecule has 1 rings (SSSR count). The molecule has 1 heterocycles. The number of nitrogens with one attached hydrogen (secondary N) is 1. The van der Waals surface area contributed by atoms with Crippen molar-refractivity contribution in [2.24, 2.45) is 11.7 Å². The number of hydrogen-bond acceptors (Lipinski definition) is 3. The van der Waals surface area contributed by atoms with E-state index in [1.807, 2.05) is 0 Å². The lowest BCUT2D eigenvalue weighted by molar-refractivity contribution is 0.549. The van der Waals surface area contributed by atoms with Gasteiger partial charge in [0.05, 0.1) is 5.00 Å². The first-order valence-electron chi connectivity index (χ1n) is 4.44. The van der Waals surface area contributed by atoms with Crippen LogP contribution in [0.2, 0.25) is 0 Å². The third-order valence-corrected chi connectivity index (χ3v) is 3.69. The first-order chi connectivity index (χ1) is 6.26. The Labute approximate surface area is 91.7 Å². The average molecular weight is 263 g/mol. The van der Waals surface area contributed by atoms with E-state index in [4.69, 9.17) is 5.73 Å². The predicted octanol–water partition coefficient (Wildman–Crippen LogP) is 2.91. The van der Waals surface area contributed by atoms with E-state index in [9.17, 15) is 0 Å². The lowest BCUT2D eigenvalue weighted by atomic mass is 10.1. The summed E-state index contributed by atoms with van der Waals surface area (Å²) in [6, 6.07) is 2.09. The van der Waals surface area contributed by atoms with Gasteiger partial charge in [-0.15, -0.1) is 11.3 Å². The Kier molecular flexibility index (Phi) is 4.77. The summed E-state index contributed by atoms with van der Waals surface area (Å²) in [7, 11) is 0. The van der Waals surface area contributed by atoms with Crippen LogP contribution in [0.3, 0.4) is 0 Å². The third kappa shape index (κ3) is 3.67. The molecule has 0 fully saturated rings. The zero-order valence-corrected chi connectivity index (χ0v) is 10.1. The van der Waals surface area contributed by atoms with Gasteiger partial charge in [0.1, 0.15) is 0 Å². The molecule has 4 heteroatoms. The first kappa shape index (κ1) is 11.0. The SMILES string of the molecule is CCC(CN)CNc1cc(Br)cs1. The minimum Gasteiger partial charge on any atom is -0.377 e. The van der Waals surface area contributed by atoms with Crippen LogP contribution in [-0.2, 0) is 0 Å². The molecule has 0 radical (unpaired) electrons. The Bertz CT molecular complexity index is 246. The summed E-state index contributed by atoms with van der Waals surface area (Å²) >= 11 is 5.13. The van der Waals surface area contributed by atoms with Crippen LogP contribution in [0.15, 0.2) is 15.9 Å². The quantitative estimate of drug-likeness (QED) is 0.857. The standard InChI is InChI=1S/C9H15BrN2S/c1-2-7(4-11)5-12-9-3-8(10)6-13-9/h3,6-7,12H,2,4-5,11H2,1H3. The summed E-state index contributed by atoms with van der Waals surface area (Å²) in [6.45, 7) is 3.90. The van der Waals surface area contributed by atoms with E-state index < -0.39 is 0 Å². The van der Waals surface area contributed by atoms with E-state index >= 15 is 0 Å². The van der Waals surface area contributed by atoms with Crippen molar-refractivity contribution < 1.29 is 0 Å². The van der Waals surface area contributed by atoms with Crippen molar-refractivity contribution in [1.82, 2.24) is 0 Å². The Hall–Kier alpha value is -0.0600. The van der Waals surface area contributed by atoms with Crippen LogP contribution in [0.5, 0.6) is 0 Å². The lowest BCUT2D eigenvalue weighted by Crippen LogP contribution is -2.21. The maximum Gasteiger partial charge on any atom is 0.0894 e. The molecule has 0 bridgehead atoms. The van der Waals surface area contributed by atoms with Crippen LogP contribution in [0.4, 0.5) is 5.00 Å². The second-order valence-corrected chi connectivity index (χ2v) is 4.85. The van der Waals surface area contributed by atoms with Crippen LogP contribution in [0.1, 0.15) is 13.3 Å². The summed E-state index contributed by atoms with van der Waals surface area (Å²) in [4.78, 5) is 0. The fraction of sp³-hybridized carbons (Fsp3) is 0.556. The van der Waals surface area contributed by atoms with E-state index in [0.717, 1.165) is 24.0 Å². The molecule has 0 saturated heterocycles. The Balaban J connectivity index is 2.33. The van der Waals surface area contributed by atoms with Gasteiger partial charge in [-0.1, -0.05) is 13.3 Å². The van der Waals surface area contributed by atoms with Crippen LogP contribution in [0, 0.1) is 5.92 Å². The van der Waals surface area contributed by atoms with Crippen molar-refractivity contribution in [3.8, 4) is 0 Å². The van der Waals surface area contributed by atoms with E-state index in [-0.39, 0.29) is 0 Å². The fourth-order valence-corrected chi connectivity index (χ4v) is 2.38. The van der Waals surface area contributed by atoms with Crippen molar-refractivity contribution in [1.29, 1.82) is 0 Å². The molecule has 1 atom stereocenters. The Morgan fingerprint density at radius 3 is 2.92 bits per heavy atom. The van der Waals surface area contributed by atoms with E-state index in [1.165, 1.54) is 5.00 Å². The van der Waals surface area contributed by atoms with Gasteiger partial charge in [0, 0.05) is 16.4 Å². The molecule has 0 aromatic carbocycles. The van der Waals surface area contributed by atoms with Gasteiger partial charge in [-0.3, -0.25) is 0 Å². The molecule has 1 unspecified atom stereocenters. The Morgan fingerprint density at radius 1 is 1.69 bits per heavy atom. The molecule has 0 spiro atoms. The second-order valence-electron chi connectivity index (χ2n) is 3.02. The highest BCUT2D eigenvalue weighted by Gasteiger charge is 2.03. The molecule has 0 amide bonds. The van der Waals surface area contributed by atoms with Gasteiger partial charge in [0.2, 0.25) is 0 Å². The minimum atomic E-state index is 0.584. The van der Waals surface area contributed by atoms with Crippen molar-refractivity contribution in [3.63, 3.8) is 0 Å². The number of anilines is 1. The average Bonchev–Trinajstić information content (AvgIpc) is 2.53. The number of thiophene rings is 1. The van der Waals surface area contributed by atoms with Crippen LogP contribution in [-0.4, -0.2) is 13.1 Å². The van der Waals surface area contributed by atoms with E-state index in [1.54, 1.807) is 11.3 Å². The lowest BCUT2D eigenvalue weighted by Gasteiger charge is -2.12. The molecular formula is C9H15BrN2S. The zero-order chi connectivity index (χ0) is 9.68. The normalized spacial score (nSPS) is 12.8. The van der Waals surface area contributed by atoms with Gasteiger partial charge in [-0.25, -0.2) is 0 Å². The monoisotopic (exact) mass is 262 g/mol. The van der Waals surface area contributed by atoms with Gasteiger partial charge in [-0.05, 0) is 34.5 Å². The van der Waals surface area contributed by atoms with E-state index in [2.05, 4.69) is 39.6 Å². The number of nitrogens with two attached hydrogens (primary N) is 1. The highest BCUT2D eigenvalue weighted by molar-refractivity contribution is 9.10. The molecule has 0 saturated carbocycles. The summed E-state index contributed by atoms with van der Waals surface area (Å²) in [5.41, 5.74) is 5.61. The summed E-state index contributed by atoms with van der Waals surface area (Å²) in [5, 5.41) is 6.66. The largest absolute Gasteiger partial charge is 0.377 e. The molecule has 3 N–H and O–H groups in total. The number of rotatable bonds is 5. The predicted molar refractivity (Wildman–Crippen MR) is 63.3 cm³/mol. The van der Waals surface area contributed by atoms with Gasteiger partial charge >= 0.3 is 0 Å². The Morgan fingerprint density at radius 2 is 2.46 bits per heavy atom. The van der Waals surface area contributed by atoms with Gasteiger partial charge in [0.25, 0.3) is 0 Å². The topological polar surface area (TPSA) is 38.0 Å². The number of halogens is 1. The highest BCUT2D eigenvalue weighted by Crippen LogP contribution is 2.24. The fourth-order valence-electron chi connectivity index (χ4n) is 1.05. The molecule has 74 valence electrons. The highest BCUT2D eigenvalue weighted by atomic mass is 79.9. The van der Waals surface area contributed by atoms with Crippen LogP contribution < -0.4 is 11.1 Å². The second kappa shape index (κ2) is 5.62. The van der Waals surface area contributed by atoms with Crippen LogP contribution in [0.25, 0.3) is 0 Å². The van der Waals surface area contributed by atoms with Crippen molar-refractivity contribution in [2.75, 3.05) is 18.4 Å². The third-order valence-electron chi connectivity index (χ3n) is 2.04. The molecule has 13 heavy (non-hydrogen) atoms. The smallest absolute Gasteiger partial charge is 0.0894 e. The first-order valence-corrected chi connectivity index (χ1v) is 6.11. The molecule has 0 aliphatic carbocycles. The van der Waals surface area contributed by atoms with E-state index in [0.29, 0.717) is 5.92 Å². The maximum absolute atomic E-state index is 5.61. The number of hydrogen-bond donors (Lipinski definition) is 2. The van der Waals surface area contributed by atoms with Crippen molar-refractivity contribution >= 4 is 32.3 Å². The summed E-state index contributed by atoms with van der Waals surface area (Å²) in [6.07, 6.45) is 1.13. The summed E-state index contributed by atoms with van der Waals surface area (Å²) < 4.78 is 1.14. The summed E-state index contributed by atoms with van der Waals surface area (Å²) in [5.74, 6) is 0.584. The molecule has 0 aliphatic rings. The van der Waals surface area contributed by atoms with Gasteiger partial charge < -0.3 is 11.1 Å². The van der Waals surface area contributed by atoms with Crippen molar-refractivity contribution in [2.45, 2.75) is 13.3 Å². The van der Waals surface area contributed by atoms with Crippen molar-refractivity contribution in [3.05, 3.63) is 15.9 Å². The minimum absolute atomic E-state index is 0.584. The van der Waals surface area contributed by atoms with Gasteiger partial charge in [-0.2, -0.15) is 0 Å². The molecule has 2 nitrogen and oxygen atoms in total. The van der Waals surface area contributed by atoms with Crippen LogP contribution >= 0.6 is 27.3 Å².